The molecule has 0 aromatic carbocycles. The number of rotatable bonds is 10. The van der Waals surface area contributed by atoms with Crippen LogP contribution in [-0.2, 0) is 0 Å². The number of carbonyl (C=O) groups is 1. The zero-order valence-electron chi connectivity index (χ0n) is 9.90. The van der Waals surface area contributed by atoms with Gasteiger partial charge in [0.15, 0.2) is 0 Å². The van der Waals surface area contributed by atoms with Crippen molar-refractivity contribution in [3.05, 3.63) is 0 Å². The van der Waals surface area contributed by atoms with Crippen molar-refractivity contribution in [2.75, 3.05) is 26.3 Å². The highest BCUT2D eigenvalue weighted by atomic mass is 16.3. The van der Waals surface area contributed by atoms with Gasteiger partial charge in [0.2, 0.25) is 0 Å². The van der Waals surface area contributed by atoms with Crippen LogP contribution in [0.4, 0.5) is 4.79 Å². The Labute approximate surface area is 97.2 Å². The topological polar surface area (TPSA) is 86.8 Å². The van der Waals surface area contributed by atoms with Gasteiger partial charge in [-0.1, -0.05) is 0 Å². The van der Waals surface area contributed by atoms with Gasteiger partial charge in [-0.3, -0.25) is 0 Å². The van der Waals surface area contributed by atoms with Crippen LogP contribution in [0.1, 0.15) is 38.5 Å². The molecule has 0 heterocycles. The van der Waals surface area contributed by atoms with Gasteiger partial charge in [0.05, 0.1) is 0 Å². The number of primary amides is 1. The van der Waals surface area contributed by atoms with Crippen molar-refractivity contribution in [3.8, 4) is 0 Å². The molecule has 0 fully saturated rings. The first-order valence-electron chi connectivity index (χ1n) is 5.98. The fourth-order valence-electron chi connectivity index (χ4n) is 1.51. The van der Waals surface area contributed by atoms with E-state index in [0.29, 0.717) is 13.1 Å². The third-order valence-corrected chi connectivity index (χ3v) is 2.48. The Morgan fingerprint density at radius 1 is 0.875 bits per heavy atom. The number of nitrogens with zero attached hydrogens (tertiary/aromatic N) is 1. The summed E-state index contributed by atoms with van der Waals surface area (Å²) in [5, 5.41) is 17.2. The maximum Gasteiger partial charge on any atom is 0.314 e. The number of nitrogens with two attached hydrogens (primary N) is 1. The molecular weight excluding hydrogens is 208 g/mol. The number of hydrogen-bond acceptors (Lipinski definition) is 3. The van der Waals surface area contributed by atoms with E-state index in [2.05, 4.69) is 0 Å². The van der Waals surface area contributed by atoms with Gasteiger partial charge in [0.1, 0.15) is 0 Å². The molecule has 5 nitrogen and oxygen atoms in total. The molecule has 0 aliphatic heterocycles. The first kappa shape index (κ1) is 15.2. The zero-order chi connectivity index (χ0) is 12.2. The van der Waals surface area contributed by atoms with Crippen molar-refractivity contribution in [2.24, 2.45) is 5.73 Å². The monoisotopic (exact) mass is 232 g/mol. The highest BCUT2D eigenvalue weighted by Crippen LogP contribution is 2.02. The number of hydrogen-bond donors (Lipinski definition) is 3. The second-order valence-electron chi connectivity index (χ2n) is 3.89. The molecule has 0 aromatic rings. The molecule has 16 heavy (non-hydrogen) atoms. The van der Waals surface area contributed by atoms with E-state index in [1.165, 1.54) is 0 Å². The van der Waals surface area contributed by atoms with Crippen LogP contribution in [0.15, 0.2) is 0 Å². The molecule has 0 spiro atoms. The SMILES string of the molecule is NC(=O)N(CCCCCO)CCCCCO. The van der Waals surface area contributed by atoms with E-state index >= 15 is 0 Å². The highest BCUT2D eigenvalue weighted by molar-refractivity contribution is 5.71. The summed E-state index contributed by atoms with van der Waals surface area (Å²) in [6, 6.07) is -0.381. The summed E-state index contributed by atoms with van der Waals surface area (Å²) in [6.45, 7) is 1.73. The van der Waals surface area contributed by atoms with Crippen LogP contribution in [0.3, 0.4) is 0 Å². The normalized spacial score (nSPS) is 10.4. The number of unbranched alkanes of at least 4 members (excludes halogenated alkanes) is 4. The fraction of sp³-hybridized carbons (Fsp3) is 0.909. The number of amides is 2. The van der Waals surface area contributed by atoms with Gasteiger partial charge in [0.25, 0.3) is 0 Å². The van der Waals surface area contributed by atoms with Crippen LogP contribution < -0.4 is 5.73 Å². The molecule has 0 saturated carbocycles. The van der Waals surface area contributed by atoms with E-state index in [9.17, 15) is 4.79 Å². The molecule has 0 aromatic heterocycles. The van der Waals surface area contributed by atoms with Crippen LogP contribution in [0.5, 0.6) is 0 Å². The highest BCUT2D eigenvalue weighted by Gasteiger charge is 2.07. The van der Waals surface area contributed by atoms with Crippen molar-refractivity contribution in [1.82, 2.24) is 4.90 Å². The zero-order valence-corrected chi connectivity index (χ0v) is 9.90. The Bertz CT molecular complexity index is 165. The molecule has 0 aliphatic carbocycles. The second kappa shape index (κ2) is 10.7. The molecule has 0 aliphatic rings. The minimum atomic E-state index is -0.381. The van der Waals surface area contributed by atoms with E-state index < -0.39 is 0 Å². The minimum absolute atomic E-state index is 0.201. The summed E-state index contributed by atoms with van der Waals surface area (Å²) in [4.78, 5) is 12.7. The quantitative estimate of drug-likeness (QED) is 0.484. The second-order valence-corrected chi connectivity index (χ2v) is 3.89. The first-order valence-corrected chi connectivity index (χ1v) is 5.98. The average molecular weight is 232 g/mol. The number of urea groups is 1. The van der Waals surface area contributed by atoms with Crippen LogP contribution in [0, 0.1) is 0 Å². The third-order valence-electron chi connectivity index (χ3n) is 2.48. The Hall–Kier alpha value is -0.810. The summed E-state index contributed by atoms with van der Waals surface area (Å²) in [5.41, 5.74) is 5.25. The van der Waals surface area contributed by atoms with Gasteiger partial charge >= 0.3 is 6.03 Å². The van der Waals surface area contributed by atoms with Gasteiger partial charge in [-0.25, -0.2) is 4.79 Å². The fourth-order valence-corrected chi connectivity index (χ4v) is 1.51. The molecule has 0 rings (SSSR count). The molecule has 2 amide bonds. The summed E-state index contributed by atoms with van der Waals surface area (Å²) >= 11 is 0. The molecule has 96 valence electrons. The maximum absolute atomic E-state index is 11.1. The van der Waals surface area contributed by atoms with E-state index in [4.69, 9.17) is 15.9 Å². The molecule has 0 unspecified atom stereocenters. The van der Waals surface area contributed by atoms with Gasteiger partial charge in [0, 0.05) is 26.3 Å². The lowest BCUT2D eigenvalue weighted by atomic mass is 10.2. The molecule has 5 heteroatoms. The summed E-state index contributed by atoms with van der Waals surface area (Å²) in [5.74, 6) is 0. The Morgan fingerprint density at radius 2 is 1.31 bits per heavy atom. The van der Waals surface area contributed by atoms with Gasteiger partial charge in [-0.05, 0) is 38.5 Å². The first-order chi connectivity index (χ1) is 7.72. The molecule has 0 saturated heterocycles. The van der Waals surface area contributed by atoms with Gasteiger partial charge in [-0.15, -0.1) is 0 Å². The standard InChI is InChI=1S/C11H24N2O3/c12-11(16)13(7-3-1-5-9-14)8-4-2-6-10-15/h14-15H,1-10H2,(H2,12,16). The summed E-state index contributed by atoms with van der Waals surface area (Å²) in [7, 11) is 0. The predicted molar refractivity (Wildman–Crippen MR) is 63.0 cm³/mol. The largest absolute Gasteiger partial charge is 0.396 e. The minimum Gasteiger partial charge on any atom is -0.396 e. The number of aliphatic hydroxyl groups excluding tert-OH is 2. The van der Waals surface area contributed by atoms with Crippen LogP contribution in [-0.4, -0.2) is 47.4 Å². The van der Waals surface area contributed by atoms with Crippen molar-refractivity contribution in [2.45, 2.75) is 38.5 Å². The van der Waals surface area contributed by atoms with Crippen LogP contribution in [0.2, 0.25) is 0 Å². The van der Waals surface area contributed by atoms with Crippen LogP contribution >= 0.6 is 0 Å². The third kappa shape index (κ3) is 8.49. The average Bonchev–Trinajstić information content (AvgIpc) is 2.26. The summed E-state index contributed by atoms with van der Waals surface area (Å²) in [6.07, 6.45) is 5.13. The summed E-state index contributed by atoms with van der Waals surface area (Å²) < 4.78 is 0. The van der Waals surface area contributed by atoms with E-state index in [1.807, 2.05) is 0 Å². The van der Waals surface area contributed by atoms with E-state index in [-0.39, 0.29) is 19.2 Å². The van der Waals surface area contributed by atoms with Crippen molar-refractivity contribution in [1.29, 1.82) is 0 Å². The van der Waals surface area contributed by atoms with Crippen molar-refractivity contribution in [3.63, 3.8) is 0 Å². The Kier molecular flexibility index (Phi) is 10.2. The van der Waals surface area contributed by atoms with Gasteiger partial charge in [-0.2, -0.15) is 0 Å². The molecular formula is C11H24N2O3. The Balaban J connectivity index is 3.59. The molecule has 0 bridgehead atoms. The lowest BCUT2D eigenvalue weighted by Crippen LogP contribution is -2.37. The van der Waals surface area contributed by atoms with E-state index in [0.717, 1.165) is 38.5 Å². The smallest absolute Gasteiger partial charge is 0.314 e. The molecule has 0 radical (unpaired) electrons. The molecule has 0 atom stereocenters. The lowest BCUT2D eigenvalue weighted by Gasteiger charge is -2.20. The van der Waals surface area contributed by atoms with Gasteiger partial charge < -0.3 is 20.8 Å². The lowest BCUT2D eigenvalue weighted by molar-refractivity contribution is 0.203. The molecule has 4 N–H and O–H groups in total. The van der Waals surface area contributed by atoms with Crippen LogP contribution in [0.25, 0.3) is 0 Å². The Morgan fingerprint density at radius 3 is 1.62 bits per heavy atom. The predicted octanol–water partition coefficient (Wildman–Crippen LogP) is 0.692. The number of aliphatic hydroxyl groups is 2. The van der Waals surface area contributed by atoms with E-state index in [1.54, 1.807) is 4.90 Å². The van der Waals surface area contributed by atoms with Crippen molar-refractivity contribution >= 4 is 6.03 Å². The van der Waals surface area contributed by atoms with Crippen molar-refractivity contribution < 1.29 is 15.0 Å². The maximum atomic E-state index is 11.1. The number of carbonyl (C=O) groups excluding carboxylic acids is 1.